The largest absolute Gasteiger partial charge is 0.257 e. The molecule has 68 valence electrons. The molecule has 2 rings (SSSR count). The predicted molar refractivity (Wildman–Crippen MR) is 52.2 cm³/mol. The smallest absolute Gasteiger partial charge is 0.123 e. The second-order valence-electron chi connectivity index (χ2n) is 3.98. The normalized spacial score (nSPS) is 18.3. The van der Waals surface area contributed by atoms with Crippen molar-refractivity contribution in [3.8, 4) is 0 Å². The summed E-state index contributed by atoms with van der Waals surface area (Å²) in [6.07, 6.45) is 0. The summed E-state index contributed by atoms with van der Waals surface area (Å²) in [6, 6.07) is 4.77. The van der Waals surface area contributed by atoms with Crippen molar-refractivity contribution in [3.63, 3.8) is 0 Å². The van der Waals surface area contributed by atoms with Crippen LogP contribution in [0.25, 0.3) is 0 Å². The van der Waals surface area contributed by atoms with Crippen molar-refractivity contribution >= 4 is 11.4 Å². The van der Waals surface area contributed by atoms with E-state index in [9.17, 15) is 4.39 Å². The Hall–Kier alpha value is -1.18. The molecule has 0 unspecified atom stereocenters. The third-order valence-electron chi connectivity index (χ3n) is 2.82. The molecule has 1 aliphatic heterocycles. The predicted octanol–water partition coefficient (Wildman–Crippen LogP) is 3.21. The Kier molecular flexibility index (Phi) is 1.56. The van der Waals surface area contributed by atoms with Gasteiger partial charge in [-0.3, -0.25) is 4.99 Å². The van der Waals surface area contributed by atoms with Crippen LogP contribution in [0.5, 0.6) is 0 Å². The molecule has 0 amide bonds. The van der Waals surface area contributed by atoms with E-state index in [1.807, 2.05) is 6.92 Å². The zero-order chi connectivity index (χ0) is 9.64. The fraction of sp³-hybridized carbons (Fsp3) is 0.364. The molecule has 0 bridgehead atoms. The summed E-state index contributed by atoms with van der Waals surface area (Å²) in [5.41, 5.74) is 2.83. The SMILES string of the molecule is CC1=Nc2ccc([18F])cc2C1(C)C. The van der Waals surface area contributed by atoms with Gasteiger partial charge >= 0.3 is 0 Å². The minimum absolute atomic E-state index is 0.114. The van der Waals surface area contributed by atoms with Crippen LogP contribution in [0.2, 0.25) is 0 Å². The lowest BCUT2D eigenvalue weighted by molar-refractivity contribution is 0.619. The van der Waals surface area contributed by atoms with Crippen molar-refractivity contribution in [2.24, 2.45) is 4.99 Å². The second kappa shape index (κ2) is 2.41. The minimum atomic E-state index is -0.184. The van der Waals surface area contributed by atoms with Crippen LogP contribution >= 0.6 is 0 Å². The van der Waals surface area contributed by atoms with Gasteiger partial charge in [0.05, 0.1) is 5.69 Å². The summed E-state index contributed by atoms with van der Waals surface area (Å²) in [6.45, 7) is 6.12. The molecule has 1 aromatic carbocycles. The summed E-state index contributed by atoms with van der Waals surface area (Å²) < 4.78 is 13.0. The van der Waals surface area contributed by atoms with E-state index in [1.165, 1.54) is 6.07 Å². The fourth-order valence-corrected chi connectivity index (χ4v) is 1.62. The highest BCUT2D eigenvalue weighted by Gasteiger charge is 2.32. The van der Waals surface area contributed by atoms with E-state index in [0.29, 0.717) is 0 Å². The maximum absolute atomic E-state index is 13.0. The first-order chi connectivity index (χ1) is 6.01. The van der Waals surface area contributed by atoms with E-state index in [2.05, 4.69) is 18.8 Å². The van der Waals surface area contributed by atoms with Gasteiger partial charge in [0, 0.05) is 11.1 Å². The molecule has 0 aromatic heterocycles. The zero-order valence-electron chi connectivity index (χ0n) is 8.06. The topological polar surface area (TPSA) is 12.4 Å². The van der Waals surface area contributed by atoms with Crippen molar-refractivity contribution in [1.29, 1.82) is 0 Å². The van der Waals surface area contributed by atoms with Gasteiger partial charge in [-0.2, -0.15) is 0 Å². The molecule has 0 aliphatic carbocycles. The number of halogens is 1. The number of fused-ring (bicyclic) bond motifs is 1. The Balaban J connectivity index is 2.65. The van der Waals surface area contributed by atoms with E-state index < -0.39 is 0 Å². The van der Waals surface area contributed by atoms with Crippen LogP contribution in [0.15, 0.2) is 23.2 Å². The van der Waals surface area contributed by atoms with E-state index >= 15 is 0 Å². The Morgan fingerprint density at radius 3 is 2.69 bits per heavy atom. The second-order valence-corrected chi connectivity index (χ2v) is 3.98. The molecule has 13 heavy (non-hydrogen) atoms. The van der Waals surface area contributed by atoms with E-state index in [4.69, 9.17) is 0 Å². The van der Waals surface area contributed by atoms with Crippen LogP contribution in [0.4, 0.5) is 10.1 Å². The fourth-order valence-electron chi connectivity index (χ4n) is 1.62. The third-order valence-corrected chi connectivity index (χ3v) is 2.82. The average molecular weight is 176 g/mol. The number of aliphatic imine (C=N–C) groups is 1. The van der Waals surface area contributed by atoms with Gasteiger partial charge in [-0.1, -0.05) is 13.8 Å². The van der Waals surface area contributed by atoms with Crippen LogP contribution in [0, 0.1) is 5.82 Å². The molecule has 2 heteroatoms. The molecule has 0 fully saturated rings. The Labute approximate surface area is 77.3 Å². The van der Waals surface area contributed by atoms with Gasteiger partial charge < -0.3 is 0 Å². The molecule has 0 spiro atoms. The number of benzene rings is 1. The van der Waals surface area contributed by atoms with Gasteiger partial charge in [0.1, 0.15) is 5.82 Å². The molecule has 0 saturated heterocycles. The summed E-state index contributed by atoms with van der Waals surface area (Å²) in [7, 11) is 0. The quantitative estimate of drug-likeness (QED) is 0.575. The van der Waals surface area contributed by atoms with Crippen molar-refractivity contribution in [3.05, 3.63) is 29.6 Å². The zero-order valence-corrected chi connectivity index (χ0v) is 8.06. The van der Waals surface area contributed by atoms with Gasteiger partial charge in [0.25, 0.3) is 0 Å². The minimum Gasteiger partial charge on any atom is -0.257 e. The average Bonchev–Trinajstić information content (AvgIpc) is 2.27. The highest BCUT2D eigenvalue weighted by atomic mass is 18.2. The monoisotopic (exact) mass is 176 g/mol. The summed E-state index contributed by atoms with van der Waals surface area (Å²) in [5, 5.41) is 0. The molecule has 0 radical (unpaired) electrons. The lowest BCUT2D eigenvalue weighted by atomic mass is 9.82. The molecule has 1 nitrogen and oxygen atoms in total. The number of hydrogen-bond acceptors (Lipinski definition) is 1. The standard InChI is InChI=1S/C11H12FN/c1-7-11(2,3)9-6-8(12)4-5-10(9)13-7/h4-6H,1-3H3/i12-1. The Bertz CT molecular complexity index is 391. The number of hydrogen-bond donors (Lipinski definition) is 0. The van der Waals surface area contributed by atoms with Gasteiger partial charge in [-0.25, -0.2) is 4.39 Å². The maximum atomic E-state index is 13.0. The van der Waals surface area contributed by atoms with E-state index in [1.54, 1.807) is 12.1 Å². The number of rotatable bonds is 0. The molecule has 1 aromatic rings. The highest BCUT2D eigenvalue weighted by Crippen LogP contribution is 2.39. The molecular weight excluding hydrogens is 164 g/mol. The molecular formula is C11H12FN. The Morgan fingerprint density at radius 1 is 1.31 bits per heavy atom. The highest BCUT2D eigenvalue weighted by molar-refractivity contribution is 5.99. The van der Waals surface area contributed by atoms with Crippen LogP contribution in [-0.2, 0) is 5.41 Å². The molecule has 0 saturated carbocycles. The van der Waals surface area contributed by atoms with Crippen LogP contribution < -0.4 is 0 Å². The van der Waals surface area contributed by atoms with Crippen molar-refractivity contribution in [1.82, 2.24) is 0 Å². The van der Waals surface area contributed by atoms with Crippen molar-refractivity contribution in [2.45, 2.75) is 26.2 Å². The van der Waals surface area contributed by atoms with Gasteiger partial charge in [0.15, 0.2) is 0 Å². The van der Waals surface area contributed by atoms with Gasteiger partial charge in [0.2, 0.25) is 0 Å². The summed E-state index contributed by atoms with van der Waals surface area (Å²) in [4.78, 5) is 4.40. The van der Waals surface area contributed by atoms with Gasteiger partial charge in [-0.05, 0) is 30.7 Å². The van der Waals surface area contributed by atoms with Crippen LogP contribution in [-0.4, -0.2) is 5.71 Å². The van der Waals surface area contributed by atoms with Crippen LogP contribution in [0.3, 0.4) is 0 Å². The van der Waals surface area contributed by atoms with Crippen molar-refractivity contribution in [2.75, 3.05) is 0 Å². The molecule has 0 atom stereocenters. The molecule has 1 heterocycles. The van der Waals surface area contributed by atoms with E-state index in [-0.39, 0.29) is 11.2 Å². The van der Waals surface area contributed by atoms with E-state index in [0.717, 1.165) is 17.0 Å². The first-order valence-electron chi connectivity index (χ1n) is 4.37. The van der Waals surface area contributed by atoms with Gasteiger partial charge in [-0.15, -0.1) is 0 Å². The van der Waals surface area contributed by atoms with Crippen LogP contribution in [0.1, 0.15) is 26.3 Å². The first kappa shape index (κ1) is 8.42. The summed E-state index contributed by atoms with van der Waals surface area (Å²) in [5.74, 6) is -0.184. The maximum Gasteiger partial charge on any atom is 0.123 e. The third kappa shape index (κ3) is 1.09. The van der Waals surface area contributed by atoms with Crippen molar-refractivity contribution < 1.29 is 4.39 Å². The lowest BCUT2D eigenvalue weighted by Gasteiger charge is -2.19. The summed E-state index contributed by atoms with van der Waals surface area (Å²) >= 11 is 0. The Morgan fingerprint density at radius 2 is 2.00 bits per heavy atom. The lowest BCUT2D eigenvalue weighted by Crippen LogP contribution is -2.22. The molecule has 0 N–H and O–H groups in total. The first-order valence-corrected chi connectivity index (χ1v) is 4.37. The molecule has 1 aliphatic rings. The number of nitrogens with zero attached hydrogens (tertiary/aromatic N) is 1.